The first-order valence-corrected chi connectivity index (χ1v) is 11.9. The van der Waals surface area contributed by atoms with Crippen LogP contribution in [0.1, 0.15) is 79.1 Å². The minimum Gasteiger partial charge on any atom is -0.389 e. The van der Waals surface area contributed by atoms with E-state index in [2.05, 4.69) is 19.2 Å². The average molecular weight is 429 g/mol. The second-order valence-corrected chi connectivity index (χ2v) is 9.55. The van der Waals surface area contributed by atoms with Crippen molar-refractivity contribution in [1.82, 2.24) is 5.32 Å². The molecule has 0 aromatic heterocycles. The molecule has 1 amide bonds. The van der Waals surface area contributed by atoms with Crippen molar-refractivity contribution in [2.24, 2.45) is 23.5 Å². The summed E-state index contributed by atoms with van der Waals surface area (Å²) in [5, 5.41) is 23.5. The van der Waals surface area contributed by atoms with E-state index in [1.54, 1.807) is 6.92 Å². The lowest BCUT2D eigenvalue weighted by molar-refractivity contribution is -0.284. The summed E-state index contributed by atoms with van der Waals surface area (Å²) >= 11 is 0. The zero-order valence-corrected chi connectivity index (χ0v) is 19.3. The van der Waals surface area contributed by atoms with E-state index in [0.717, 1.165) is 25.2 Å². The van der Waals surface area contributed by atoms with Crippen LogP contribution in [0.4, 0.5) is 0 Å². The molecule has 0 saturated carbocycles. The molecule has 30 heavy (non-hydrogen) atoms. The van der Waals surface area contributed by atoms with Crippen LogP contribution in [-0.2, 0) is 14.3 Å². The first-order valence-electron chi connectivity index (χ1n) is 11.9. The zero-order valence-electron chi connectivity index (χ0n) is 19.3. The van der Waals surface area contributed by atoms with Gasteiger partial charge in [0.05, 0.1) is 30.3 Å². The first-order chi connectivity index (χ1) is 14.2. The van der Waals surface area contributed by atoms with E-state index in [1.807, 2.05) is 6.92 Å². The predicted molar refractivity (Wildman–Crippen MR) is 117 cm³/mol. The van der Waals surface area contributed by atoms with Crippen molar-refractivity contribution in [2.45, 2.75) is 116 Å². The molecule has 0 radical (unpaired) electrons. The van der Waals surface area contributed by atoms with E-state index in [-0.39, 0.29) is 17.9 Å². The maximum absolute atomic E-state index is 12.8. The van der Waals surface area contributed by atoms with Crippen molar-refractivity contribution in [3.05, 3.63) is 0 Å². The maximum atomic E-state index is 12.8. The first kappa shape index (κ1) is 25.5. The lowest BCUT2D eigenvalue weighted by atomic mass is 9.88. The minimum absolute atomic E-state index is 0.0274. The van der Waals surface area contributed by atoms with Gasteiger partial charge in [-0.05, 0) is 44.4 Å². The Labute approximate surface area is 182 Å². The third-order valence-electron chi connectivity index (χ3n) is 7.10. The van der Waals surface area contributed by atoms with Crippen molar-refractivity contribution >= 4 is 5.91 Å². The molecule has 0 unspecified atom stereocenters. The van der Waals surface area contributed by atoms with Crippen molar-refractivity contribution in [1.29, 1.82) is 0 Å². The van der Waals surface area contributed by atoms with Gasteiger partial charge < -0.3 is 30.7 Å². The highest BCUT2D eigenvalue weighted by molar-refractivity contribution is 5.78. The fourth-order valence-corrected chi connectivity index (χ4v) is 4.62. The predicted octanol–water partition coefficient (Wildman–Crippen LogP) is 2.32. The van der Waals surface area contributed by atoms with Crippen LogP contribution >= 0.6 is 0 Å². The number of hydrogen-bond acceptors (Lipinski definition) is 6. The molecule has 2 saturated heterocycles. The number of nitrogens with one attached hydrogen (secondary N) is 1. The summed E-state index contributed by atoms with van der Waals surface area (Å²) in [6.07, 6.45) is 4.73. The number of hydrogen-bond donors (Lipinski definition) is 4. The summed E-state index contributed by atoms with van der Waals surface area (Å²) in [5.74, 6) is 0.903. The Kier molecular flexibility index (Phi) is 10.5. The molecule has 0 bridgehead atoms. The molecular weight excluding hydrogens is 384 g/mol. The largest absolute Gasteiger partial charge is 0.389 e. The van der Waals surface area contributed by atoms with E-state index in [1.165, 1.54) is 25.7 Å². The smallest absolute Gasteiger partial charge is 0.225 e. The summed E-state index contributed by atoms with van der Waals surface area (Å²) in [5.41, 5.74) is 5.95. The lowest BCUT2D eigenvalue weighted by Crippen LogP contribution is -2.62. The molecule has 0 aromatic rings. The second kappa shape index (κ2) is 12.3. The van der Waals surface area contributed by atoms with Crippen LogP contribution in [0.25, 0.3) is 0 Å². The van der Waals surface area contributed by atoms with Gasteiger partial charge in [0, 0.05) is 6.54 Å². The van der Waals surface area contributed by atoms with Gasteiger partial charge in [0.1, 0.15) is 6.10 Å². The van der Waals surface area contributed by atoms with Gasteiger partial charge in [0.15, 0.2) is 6.29 Å². The monoisotopic (exact) mass is 428 g/mol. The molecule has 2 rings (SSSR count). The summed E-state index contributed by atoms with van der Waals surface area (Å²) in [7, 11) is 0. The quantitative estimate of drug-likeness (QED) is 0.549. The van der Waals surface area contributed by atoms with Crippen molar-refractivity contribution in [2.75, 3.05) is 6.54 Å². The molecule has 0 aromatic carbocycles. The van der Waals surface area contributed by atoms with Gasteiger partial charge in [-0.2, -0.15) is 0 Å². The summed E-state index contributed by atoms with van der Waals surface area (Å²) in [6.45, 7) is 8.78. The standard InChI is InChI=1S/C23H44N2O5/c1-5-17-9-6-8-14(2)11-12-18(15(3)22(28)25-13-7-10-17)30-23-21(27)19(24)20(26)16(4)29-23/h14-21,23,26-27H,5-13,24H2,1-4H3,(H,25,28)/t14-,15-,16+,17+,18+,19-,20-,21-,23+/m1/s1. The fraction of sp³-hybridized carbons (Fsp3) is 0.957. The fourth-order valence-electron chi connectivity index (χ4n) is 4.62. The van der Waals surface area contributed by atoms with Gasteiger partial charge in [0.25, 0.3) is 0 Å². The van der Waals surface area contributed by atoms with E-state index in [9.17, 15) is 15.0 Å². The van der Waals surface area contributed by atoms with Gasteiger partial charge in [-0.25, -0.2) is 0 Å². The summed E-state index contributed by atoms with van der Waals surface area (Å²) in [6, 6.07) is -0.841. The molecule has 2 fully saturated rings. The van der Waals surface area contributed by atoms with Crippen molar-refractivity contribution in [3.63, 3.8) is 0 Å². The molecule has 7 heteroatoms. The van der Waals surface area contributed by atoms with Crippen LogP contribution in [0.3, 0.4) is 0 Å². The van der Waals surface area contributed by atoms with Gasteiger partial charge in [0.2, 0.25) is 5.91 Å². The van der Waals surface area contributed by atoms with Crippen LogP contribution in [0.2, 0.25) is 0 Å². The number of aliphatic hydroxyl groups excluding tert-OH is 2. The lowest BCUT2D eigenvalue weighted by Gasteiger charge is -2.41. The number of rotatable bonds is 3. The number of aliphatic hydroxyl groups is 2. The van der Waals surface area contributed by atoms with Gasteiger partial charge in [-0.3, -0.25) is 4.79 Å². The van der Waals surface area contributed by atoms with Gasteiger partial charge in [-0.1, -0.05) is 46.5 Å². The third-order valence-corrected chi connectivity index (χ3v) is 7.10. The molecule has 0 spiro atoms. The van der Waals surface area contributed by atoms with Crippen molar-refractivity contribution < 1.29 is 24.5 Å². The summed E-state index contributed by atoms with van der Waals surface area (Å²) in [4.78, 5) is 12.8. The Hall–Kier alpha value is -0.730. The Morgan fingerprint density at radius 1 is 1.07 bits per heavy atom. The number of carbonyl (C=O) groups excluding carboxylic acids is 1. The van der Waals surface area contributed by atoms with E-state index < -0.39 is 30.6 Å². The highest BCUT2D eigenvalue weighted by Crippen LogP contribution is 2.28. The number of carbonyl (C=O) groups is 1. The summed E-state index contributed by atoms with van der Waals surface area (Å²) < 4.78 is 11.8. The molecular formula is C23H44N2O5. The highest BCUT2D eigenvalue weighted by atomic mass is 16.7. The molecule has 9 atom stereocenters. The highest BCUT2D eigenvalue weighted by Gasteiger charge is 2.43. The molecule has 2 aliphatic rings. The third kappa shape index (κ3) is 7.16. The molecule has 2 heterocycles. The Balaban J connectivity index is 2.05. The topological polar surface area (TPSA) is 114 Å². The normalized spacial score (nSPS) is 42.9. The van der Waals surface area contributed by atoms with Crippen LogP contribution in [0, 0.1) is 17.8 Å². The van der Waals surface area contributed by atoms with E-state index in [0.29, 0.717) is 18.9 Å². The van der Waals surface area contributed by atoms with Crippen LogP contribution in [-0.4, -0.2) is 59.4 Å². The van der Waals surface area contributed by atoms with Gasteiger partial charge in [-0.15, -0.1) is 0 Å². The minimum atomic E-state index is -1.14. The van der Waals surface area contributed by atoms with E-state index >= 15 is 0 Å². The maximum Gasteiger partial charge on any atom is 0.225 e. The Morgan fingerprint density at radius 3 is 2.47 bits per heavy atom. The Bertz CT molecular complexity index is 520. The van der Waals surface area contributed by atoms with Crippen LogP contribution in [0.15, 0.2) is 0 Å². The SMILES string of the molecule is CC[C@@H]1CCCNC(=O)[C@H](C)[C@@H](O[C@@H]2O[C@@H](C)[C@@H](O)[C@@H](N)[C@H]2O)CC[C@H](C)CCC1. The molecule has 176 valence electrons. The number of amides is 1. The number of ether oxygens (including phenoxy) is 2. The van der Waals surface area contributed by atoms with Crippen LogP contribution < -0.4 is 11.1 Å². The van der Waals surface area contributed by atoms with E-state index in [4.69, 9.17) is 15.2 Å². The zero-order chi connectivity index (χ0) is 22.3. The Morgan fingerprint density at radius 2 is 1.77 bits per heavy atom. The molecule has 5 N–H and O–H groups in total. The number of nitrogens with two attached hydrogens (primary N) is 1. The average Bonchev–Trinajstić information content (AvgIpc) is 2.73. The van der Waals surface area contributed by atoms with Gasteiger partial charge >= 0.3 is 0 Å². The molecule has 7 nitrogen and oxygen atoms in total. The van der Waals surface area contributed by atoms with Crippen molar-refractivity contribution in [3.8, 4) is 0 Å². The molecule has 2 aliphatic heterocycles. The second-order valence-electron chi connectivity index (χ2n) is 9.55. The van der Waals surface area contributed by atoms with Crippen LogP contribution in [0.5, 0.6) is 0 Å². The molecule has 0 aliphatic carbocycles.